The molecule has 2 bridgehead atoms. The molecule has 5 heterocycles. The molecule has 4 aromatic rings. The summed E-state index contributed by atoms with van der Waals surface area (Å²) in [6.07, 6.45) is -8.09. The molecule has 1 saturated carbocycles. The van der Waals surface area contributed by atoms with E-state index in [4.69, 9.17) is 9.47 Å². The maximum absolute atomic E-state index is 14.6. The Labute approximate surface area is 453 Å². The molecule has 4 fully saturated rings. The van der Waals surface area contributed by atoms with Crippen molar-refractivity contribution in [2.75, 3.05) is 51.9 Å². The second kappa shape index (κ2) is 23.8. The van der Waals surface area contributed by atoms with Crippen LogP contribution >= 0.6 is 0 Å². The molecule has 4 amide bonds. The Morgan fingerprint density at radius 1 is 0.772 bits per heavy atom. The van der Waals surface area contributed by atoms with Gasteiger partial charge in [0.15, 0.2) is 6.10 Å². The van der Waals surface area contributed by atoms with Gasteiger partial charge in [0.25, 0.3) is 5.91 Å². The lowest BCUT2D eigenvalue weighted by molar-refractivity contribution is -0.239. The molecule has 3 aliphatic heterocycles. The number of piperazine rings is 1. The highest BCUT2D eigenvalue weighted by molar-refractivity contribution is 5.87. The van der Waals surface area contributed by atoms with Crippen LogP contribution in [0, 0.1) is 22.7 Å². The van der Waals surface area contributed by atoms with Crippen molar-refractivity contribution in [3.05, 3.63) is 95.4 Å². The maximum atomic E-state index is 14.6. The number of aromatic nitrogens is 4. The van der Waals surface area contributed by atoms with Gasteiger partial charge in [-0.15, -0.1) is 0 Å². The van der Waals surface area contributed by atoms with Crippen LogP contribution in [0.3, 0.4) is 0 Å². The fraction of sp³-hybridized carbons (Fsp3) is 0.537. The Kier molecular flexibility index (Phi) is 17.5. The number of benzene rings is 2. The van der Waals surface area contributed by atoms with E-state index < -0.39 is 78.0 Å². The smallest absolute Gasteiger partial charge is 0.407 e. The maximum Gasteiger partial charge on any atom is 0.407 e. The Bertz CT molecular complexity index is 2840. The molecule has 2 aromatic carbocycles. The summed E-state index contributed by atoms with van der Waals surface area (Å²) < 4.78 is 104. The number of nitrogens with zero attached hydrogens (tertiary/aromatic N) is 7. The summed E-state index contributed by atoms with van der Waals surface area (Å²) in [4.78, 5) is 67.1. The van der Waals surface area contributed by atoms with Crippen LogP contribution in [-0.4, -0.2) is 161 Å². The first-order chi connectivity index (χ1) is 37.3. The van der Waals surface area contributed by atoms with E-state index in [1.165, 1.54) is 0 Å². The predicted octanol–water partition coefficient (Wildman–Crippen LogP) is 5.67. The number of anilines is 1. The predicted molar refractivity (Wildman–Crippen MR) is 274 cm³/mol. The minimum Gasteiger partial charge on any atom is -0.453 e. The molecule has 5 N–H and O–H groups in total. The van der Waals surface area contributed by atoms with E-state index in [0.717, 1.165) is 76.7 Å². The summed E-state index contributed by atoms with van der Waals surface area (Å²) in [7, 11) is 1.98. The van der Waals surface area contributed by atoms with Gasteiger partial charge in [0.2, 0.25) is 11.9 Å². The molecule has 0 unspecified atom stereocenters. The minimum atomic E-state index is -5.09. The Morgan fingerprint density at radius 3 is 1.92 bits per heavy atom. The number of nitrogens with one attached hydrogen (secondary N) is 4. The molecule has 4 aliphatic rings. The summed E-state index contributed by atoms with van der Waals surface area (Å²) >= 11 is 0. The number of methoxy groups -OCH3 is 1. The zero-order valence-corrected chi connectivity index (χ0v) is 44.5. The highest BCUT2D eigenvalue weighted by Crippen LogP contribution is 2.43. The van der Waals surface area contributed by atoms with Gasteiger partial charge in [-0.1, -0.05) is 48.2 Å². The van der Waals surface area contributed by atoms with Crippen molar-refractivity contribution >= 4 is 29.9 Å². The molecule has 0 spiro atoms. The SMILES string of the molecule is CNC(=O)O[C@H](C(=O)NN(Cc1ccc(-c2ccn(C3CC3)n2)cc1)C[C@H](O)[C@H](Cc1ccc(C#Cc2cnc(N3C[C@@H]4CC[C@@H](C3)N4C3COC3)nc2)cc1)NC(=O)[C@@H](NC(=O)OC)C(C)(C)C(F)(F)F)C(C)(C)C(F)(F)F. The summed E-state index contributed by atoms with van der Waals surface area (Å²) in [5, 5.41) is 24.3. The van der Waals surface area contributed by atoms with E-state index in [1.54, 1.807) is 60.9 Å². The molecule has 3 saturated heterocycles. The Hall–Kier alpha value is -7.01. The van der Waals surface area contributed by atoms with Gasteiger partial charge in [-0.2, -0.15) is 31.4 Å². The lowest BCUT2D eigenvalue weighted by Gasteiger charge is -2.47. The largest absolute Gasteiger partial charge is 0.453 e. The molecule has 6 atom stereocenters. The first-order valence-corrected chi connectivity index (χ1v) is 25.9. The lowest BCUT2D eigenvalue weighted by atomic mass is 9.82. The van der Waals surface area contributed by atoms with Gasteiger partial charge in [-0.05, 0) is 89.1 Å². The molecule has 8 rings (SSSR count). The zero-order chi connectivity index (χ0) is 57.0. The standard InChI is InChI=1S/C54H65F6N11O8/c1-51(2,53(55,56)57)44(65-50(76)77-6)46(73)64-42(23-33-10-7-32(8-11-33)9-12-35-24-62-48(63-25-35)68-27-38-19-20-39(28-68)71(38)40-30-78-31-40)43(72)29-69(67-47(74)45(79-49(75)61-5)52(3,4)54(58,59)60)26-34-13-15-36(16-14-34)41-21-22-70(66-41)37-17-18-37/h7-8,10-11,13-16,21-22,24-25,37-40,42-45,72H,17-20,23,26-31H2,1-6H3,(H,61,75)(H,64,73)(H,65,76)(H,67,74)/t38-,39-,42-,43-,44+,45+/m0/s1. The first-order valence-electron chi connectivity index (χ1n) is 25.9. The van der Waals surface area contributed by atoms with Gasteiger partial charge in [0.1, 0.15) is 11.5 Å². The molecule has 19 nitrogen and oxygen atoms in total. The molecule has 2 aromatic heterocycles. The third kappa shape index (κ3) is 13.7. The number of ether oxygens (including phenoxy) is 3. The van der Waals surface area contributed by atoms with Crippen molar-refractivity contribution in [2.24, 2.45) is 10.8 Å². The molecule has 0 radical (unpaired) electrons. The van der Waals surface area contributed by atoms with Crippen molar-refractivity contribution in [3.8, 4) is 23.1 Å². The van der Waals surface area contributed by atoms with Gasteiger partial charge in [-0.3, -0.25) is 24.6 Å². The number of rotatable bonds is 19. The van der Waals surface area contributed by atoms with Gasteiger partial charge in [0, 0.05) is 75.0 Å². The summed E-state index contributed by atoms with van der Waals surface area (Å²) in [5.74, 6) is 3.89. The van der Waals surface area contributed by atoms with Crippen molar-refractivity contribution in [1.29, 1.82) is 0 Å². The quantitative estimate of drug-likeness (QED) is 0.0434. The van der Waals surface area contributed by atoms with Crippen molar-refractivity contribution < 1.29 is 64.8 Å². The number of aliphatic hydroxyl groups excluding tert-OH is 1. The number of fused-ring (bicyclic) bond motifs is 2. The van der Waals surface area contributed by atoms with Crippen molar-refractivity contribution in [3.63, 3.8) is 0 Å². The van der Waals surface area contributed by atoms with E-state index in [-0.39, 0.29) is 13.0 Å². The summed E-state index contributed by atoms with van der Waals surface area (Å²) in [6, 6.07) is 12.9. The van der Waals surface area contributed by atoms with Crippen LogP contribution in [-0.2, 0) is 36.8 Å². The number of hydrazine groups is 1. The number of hydrogen-bond donors (Lipinski definition) is 5. The van der Waals surface area contributed by atoms with Gasteiger partial charge < -0.3 is 40.2 Å². The highest BCUT2D eigenvalue weighted by Gasteiger charge is 2.58. The number of aliphatic hydroxyl groups is 1. The first kappa shape index (κ1) is 58.1. The van der Waals surface area contributed by atoms with Crippen LogP contribution in [0.5, 0.6) is 0 Å². The number of carbonyl (C=O) groups is 4. The zero-order valence-electron chi connectivity index (χ0n) is 44.5. The van der Waals surface area contributed by atoms with Crippen LogP contribution < -0.4 is 26.3 Å². The average molecular weight is 1110 g/mol. The molecule has 79 heavy (non-hydrogen) atoms. The number of carbonyl (C=O) groups excluding carboxylic acids is 4. The monoisotopic (exact) mass is 1110 g/mol. The average Bonchev–Trinajstić information content (AvgIpc) is 4.15. The topological polar surface area (TPSA) is 218 Å². The minimum absolute atomic E-state index is 0.286. The fourth-order valence-electron chi connectivity index (χ4n) is 9.82. The van der Waals surface area contributed by atoms with Crippen LogP contribution in [0.25, 0.3) is 11.3 Å². The molecule has 1 aliphatic carbocycles. The number of halogens is 6. The van der Waals surface area contributed by atoms with Crippen LogP contribution in [0.15, 0.2) is 73.2 Å². The molecular weight excluding hydrogens is 1040 g/mol. The van der Waals surface area contributed by atoms with Gasteiger partial charge in [0.05, 0.1) is 61.2 Å². The Morgan fingerprint density at radius 2 is 1.37 bits per heavy atom. The molecule has 25 heteroatoms. The van der Waals surface area contributed by atoms with Crippen molar-refractivity contribution in [2.45, 2.75) is 127 Å². The third-order valence-electron chi connectivity index (χ3n) is 15.1. The van der Waals surface area contributed by atoms with E-state index in [9.17, 15) is 50.6 Å². The second-order valence-electron chi connectivity index (χ2n) is 21.5. The molecular formula is C54H65F6N11O8. The van der Waals surface area contributed by atoms with Crippen LogP contribution in [0.4, 0.5) is 41.9 Å². The van der Waals surface area contributed by atoms with Gasteiger partial charge >= 0.3 is 24.5 Å². The van der Waals surface area contributed by atoms with E-state index in [0.29, 0.717) is 85.8 Å². The number of alkyl halides is 6. The fourth-order valence-corrected chi connectivity index (χ4v) is 9.82. The lowest BCUT2D eigenvalue weighted by Crippen LogP contribution is -2.62. The van der Waals surface area contributed by atoms with E-state index >= 15 is 0 Å². The second-order valence-corrected chi connectivity index (χ2v) is 21.5. The third-order valence-corrected chi connectivity index (χ3v) is 15.1. The Balaban J connectivity index is 1.05. The number of amides is 4. The van der Waals surface area contributed by atoms with E-state index in [2.05, 4.69) is 52.2 Å². The summed E-state index contributed by atoms with van der Waals surface area (Å²) in [6.45, 7) is 4.87. The number of hydrogen-bond acceptors (Lipinski definition) is 14. The van der Waals surface area contributed by atoms with Gasteiger partial charge in [-0.25, -0.2) is 24.6 Å². The normalized spacial score (nSPS) is 19.5. The molecule has 426 valence electrons. The number of alkyl carbamates (subject to hydrolysis) is 2. The van der Waals surface area contributed by atoms with Crippen LogP contribution in [0.1, 0.15) is 81.7 Å². The van der Waals surface area contributed by atoms with Crippen molar-refractivity contribution in [1.82, 2.24) is 51.0 Å². The van der Waals surface area contributed by atoms with E-state index in [1.807, 2.05) is 27.6 Å². The highest BCUT2D eigenvalue weighted by atomic mass is 19.4. The van der Waals surface area contributed by atoms with Crippen LogP contribution in [0.2, 0.25) is 0 Å². The summed E-state index contributed by atoms with van der Waals surface area (Å²) in [5.41, 5.74) is -0.188.